The van der Waals surface area contributed by atoms with Crippen molar-refractivity contribution in [2.75, 3.05) is 18.8 Å². The summed E-state index contributed by atoms with van der Waals surface area (Å²) in [5, 5.41) is 26.6. The van der Waals surface area contributed by atoms with Gasteiger partial charge in [-0.3, -0.25) is 4.79 Å². The fraction of sp³-hybridized carbons (Fsp3) is 0.857. The molecule has 1 fully saturated rings. The van der Waals surface area contributed by atoms with E-state index in [1.165, 1.54) is 0 Å². The maximum absolute atomic E-state index is 11.5. The largest absolute Gasteiger partial charge is 0.481 e. The number of carbonyl (C=O) groups is 1. The average Bonchev–Trinajstić information content (AvgIpc) is 2.45. The van der Waals surface area contributed by atoms with E-state index < -0.39 is 40.4 Å². The van der Waals surface area contributed by atoms with Gasteiger partial charge in [0.15, 0.2) is 0 Å². The van der Waals surface area contributed by atoms with Crippen LogP contribution in [0.1, 0.15) is 6.42 Å². The first-order valence-corrected chi connectivity index (χ1v) is 5.99. The van der Waals surface area contributed by atoms with Crippen LogP contribution in [0.3, 0.4) is 0 Å². The number of hydrogen-bond acceptors (Lipinski definition) is 5. The fourth-order valence-corrected chi connectivity index (χ4v) is 2.76. The molecular weight excluding hydrogens is 226 g/mol. The molecule has 7 nitrogen and oxygen atoms in total. The molecule has 1 rings (SSSR count). The second-order valence-corrected chi connectivity index (χ2v) is 5.50. The highest BCUT2D eigenvalue weighted by atomic mass is 32.2. The molecule has 8 heteroatoms. The van der Waals surface area contributed by atoms with Crippen LogP contribution in [0.25, 0.3) is 0 Å². The molecule has 0 spiro atoms. The molecule has 0 bridgehead atoms. The Kier molecular flexibility index (Phi) is 3.66. The number of carboxylic acid groups (broad SMARTS) is 1. The van der Waals surface area contributed by atoms with E-state index in [0.717, 1.165) is 4.31 Å². The molecule has 1 heterocycles. The third-order valence-electron chi connectivity index (χ3n) is 2.19. The Morgan fingerprint density at radius 2 is 1.73 bits per heavy atom. The minimum Gasteiger partial charge on any atom is -0.481 e. The van der Waals surface area contributed by atoms with Crippen molar-refractivity contribution in [3.05, 3.63) is 0 Å². The average molecular weight is 239 g/mol. The zero-order chi connectivity index (χ0) is 11.6. The molecule has 3 N–H and O–H groups in total. The number of β-amino-alcohol motifs (C(OH)–C–C–N with tert-alkyl or cyclic N) is 2. The summed E-state index contributed by atoms with van der Waals surface area (Å²) >= 11 is 0. The van der Waals surface area contributed by atoms with Crippen LogP contribution in [0.2, 0.25) is 0 Å². The first-order valence-electron chi connectivity index (χ1n) is 4.38. The summed E-state index contributed by atoms with van der Waals surface area (Å²) in [5.41, 5.74) is 0. The summed E-state index contributed by atoms with van der Waals surface area (Å²) < 4.78 is 23.8. The highest BCUT2D eigenvalue weighted by molar-refractivity contribution is 7.89. The van der Waals surface area contributed by atoms with Gasteiger partial charge in [0.25, 0.3) is 0 Å². The van der Waals surface area contributed by atoms with E-state index >= 15 is 0 Å². The number of aliphatic hydroxyl groups is 2. The molecule has 0 aromatic carbocycles. The molecule has 1 aliphatic rings. The highest BCUT2D eigenvalue weighted by Gasteiger charge is 2.36. The first kappa shape index (κ1) is 12.4. The third kappa shape index (κ3) is 3.13. The second-order valence-electron chi connectivity index (χ2n) is 3.41. The molecule has 1 saturated heterocycles. The molecule has 88 valence electrons. The summed E-state index contributed by atoms with van der Waals surface area (Å²) in [5.74, 6) is -1.71. The van der Waals surface area contributed by atoms with E-state index in [9.17, 15) is 13.2 Å². The standard InChI is InChI=1S/C7H13NO6S/c9-5-3-8(4-6(5)10)15(13,14)2-1-7(11)12/h5-6,9-10H,1-4H2,(H,11,12). The summed E-state index contributed by atoms with van der Waals surface area (Å²) in [7, 11) is -3.69. The Balaban J connectivity index is 2.59. The molecule has 0 amide bonds. The molecule has 0 aromatic heterocycles. The van der Waals surface area contributed by atoms with Crippen LogP contribution in [0.4, 0.5) is 0 Å². The molecule has 0 aliphatic carbocycles. The van der Waals surface area contributed by atoms with Gasteiger partial charge in [0.1, 0.15) is 0 Å². The smallest absolute Gasteiger partial charge is 0.304 e. The van der Waals surface area contributed by atoms with Gasteiger partial charge in [-0.2, -0.15) is 4.31 Å². The summed E-state index contributed by atoms with van der Waals surface area (Å²) in [6.45, 7) is -0.355. The van der Waals surface area contributed by atoms with E-state index in [0.29, 0.717) is 0 Å². The van der Waals surface area contributed by atoms with E-state index in [-0.39, 0.29) is 13.1 Å². The van der Waals surface area contributed by atoms with Crippen molar-refractivity contribution >= 4 is 16.0 Å². The molecule has 15 heavy (non-hydrogen) atoms. The number of rotatable bonds is 4. The molecule has 0 saturated carbocycles. The van der Waals surface area contributed by atoms with Crippen LogP contribution in [-0.2, 0) is 14.8 Å². The number of hydrogen-bond donors (Lipinski definition) is 3. The maximum atomic E-state index is 11.5. The Morgan fingerprint density at radius 1 is 1.27 bits per heavy atom. The first-order chi connectivity index (χ1) is 6.83. The topological polar surface area (TPSA) is 115 Å². The lowest BCUT2D eigenvalue weighted by Crippen LogP contribution is -2.32. The number of aliphatic carboxylic acids is 1. The molecule has 0 aromatic rings. The van der Waals surface area contributed by atoms with Crippen molar-refractivity contribution in [1.29, 1.82) is 0 Å². The van der Waals surface area contributed by atoms with Crippen LogP contribution in [0, 0.1) is 0 Å². The third-order valence-corrected chi connectivity index (χ3v) is 4.00. The minimum atomic E-state index is -3.69. The maximum Gasteiger partial charge on any atom is 0.304 e. The van der Waals surface area contributed by atoms with Gasteiger partial charge in [0.05, 0.1) is 24.4 Å². The van der Waals surface area contributed by atoms with Crippen molar-refractivity contribution in [3.8, 4) is 0 Å². The number of nitrogens with zero attached hydrogens (tertiary/aromatic N) is 1. The summed E-state index contributed by atoms with van der Waals surface area (Å²) in [6.07, 6.45) is -2.67. The van der Waals surface area contributed by atoms with Gasteiger partial charge >= 0.3 is 5.97 Å². The normalized spacial score (nSPS) is 28.1. The molecule has 2 unspecified atom stereocenters. The lowest BCUT2D eigenvalue weighted by Gasteiger charge is -2.14. The number of sulfonamides is 1. The predicted octanol–water partition coefficient (Wildman–Crippen LogP) is -2.17. The Hall–Kier alpha value is -0.700. The molecule has 1 aliphatic heterocycles. The van der Waals surface area contributed by atoms with Gasteiger partial charge in [-0.15, -0.1) is 0 Å². The van der Waals surface area contributed by atoms with Crippen molar-refractivity contribution < 1.29 is 28.5 Å². The van der Waals surface area contributed by atoms with Crippen LogP contribution < -0.4 is 0 Å². The van der Waals surface area contributed by atoms with Crippen LogP contribution >= 0.6 is 0 Å². The van der Waals surface area contributed by atoms with Crippen molar-refractivity contribution in [3.63, 3.8) is 0 Å². The van der Waals surface area contributed by atoms with Gasteiger partial charge in [0.2, 0.25) is 10.0 Å². The van der Waals surface area contributed by atoms with Crippen molar-refractivity contribution in [1.82, 2.24) is 4.31 Å². The predicted molar refractivity (Wildman–Crippen MR) is 49.6 cm³/mol. The Labute approximate surface area is 87.0 Å². The zero-order valence-corrected chi connectivity index (χ0v) is 8.72. The van der Waals surface area contributed by atoms with Gasteiger partial charge in [-0.05, 0) is 0 Å². The van der Waals surface area contributed by atoms with Gasteiger partial charge in [-0.1, -0.05) is 0 Å². The molecular formula is C7H13NO6S. The monoisotopic (exact) mass is 239 g/mol. The number of carboxylic acids is 1. The van der Waals surface area contributed by atoms with Crippen molar-refractivity contribution in [2.24, 2.45) is 0 Å². The van der Waals surface area contributed by atoms with E-state index in [1.807, 2.05) is 0 Å². The van der Waals surface area contributed by atoms with Crippen LogP contribution in [-0.4, -0.2) is 65.1 Å². The Bertz CT molecular complexity index is 329. The van der Waals surface area contributed by atoms with E-state index in [1.54, 1.807) is 0 Å². The van der Waals surface area contributed by atoms with Crippen molar-refractivity contribution in [2.45, 2.75) is 18.6 Å². The Morgan fingerprint density at radius 3 is 2.13 bits per heavy atom. The minimum absolute atomic E-state index is 0.177. The second kappa shape index (κ2) is 4.44. The van der Waals surface area contributed by atoms with Gasteiger partial charge < -0.3 is 15.3 Å². The fourth-order valence-electron chi connectivity index (χ4n) is 1.31. The summed E-state index contributed by atoms with van der Waals surface area (Å²) in [6, 6.07) is 0. The molecule has 0 radical (unpaired) electrons. The number of aliphatic hydroxyl groups excluding tert-OH is 2. The van der Waals surface area contributed by atoms with Crippen LogP contribution in [0.5, 0.6) is 0 Å². The molecule has 2 atom stereocenters. The van der Waals surface area contributed by atoms with E-state index in [4.69, 9.17) is 15.3 Å². The highest BCUT2D eigenvalue weighted by Crippen LogP contribution is 2.15. The quantitative estimate of drug-likeness (QED) is 0.514. The van der Waals surface area contributed by atoms with Crippen LogP contribution in [0.15, 0.2) is 0 Å². The lowest BCUT2D eigenvalue weighted by molar-refractivity contribution is -0.136. The van der Waals surface area contributed by atoms with Gasteiger partial charge in [0, 0.05) is 13.1 Å². The summed E-state index contributed by atoms with van der Waals surface area (Å²) in [4.78, 5) is 10.2. The zero-order valence-electron chi connectivity index (χ0n) is 7.90. The van der Waals surface area contributed by atoms with E-state index in [2.05, 4.69) is 0 Å². The van der Waals surface area contributed by atoms with Gasteiger partial charge in [-0.25, -0.2) is 8.42 Å². The SMILES string of the molecule is O=C(O)CCS(=O)(=O)N1CC(O)C(O)C1. The lowest BCUT2D eigenvalue weighted by atomic mass is 10.3.